The molecule has 0 saturated carbocycles. The molecule has 0 aliphatic rings. The van der Waals surface area contributed by atoms with E-state index in [0.717, 1.165) is 5.56 Å². The van der Waals surface area contributed by atoms with E-state index in [4.69, 9.17) is 9.84 Å². The van der Waals surface area contributed by atoms with Gasteiger partial charge in [-0.25, -0.2) is 0 Å². The minimum Gasteiger partial charge on any atom is -1.00 e. The Morgan fingerprint density at radius 2 is 2.09 bits per heavy atom. The molecule has 0 spiro atoms. The van der Waals surface area contributed by atoms with E-state index in [2.05, 4.69) is 0 Å². The second-order valence-electron chi connectivity index (χ2n) is 2.18. The third-order valence-electron chi connectivity index (χ3n) is 1.34. The van der Waals surface area contributed by atoms with Crippen molar-refractivity contribution in [3.8, 4) is 11.5 Å². The van der Waals surface area contributed by atoms with Crippen molar-refractivity contribution in [2.75, 3.05) is 7.11 Å². The average molecular weight is 162 g/mol. The van der Waals surface area contributed by atoms with Gasteiger partial charge in [-0.2, -0.15) is 0 Å². The molecular formula is C8H11NaO2. The molecule has 2 nitrogen and oxygen atoms in total. The number of phenolic OH excluding ortho intramolecular Hbond substituents is 1. The summed E-state index contributed by atoms with van der Waals surface area (Å²) in [5.74, 6) is 0.716. The van der Waals surface area contributed by atoms with Crippen LogP contribution in [0, 0.1) is 6.92 Å². The maximum atomic E-state index is 9.11. The van der Waals surface area contributed by atoms with Crippen LogP contribution in [-0.2, 0) is 0 Å². The molecule has 0 fully saturated rings. The van der Waals surface area contributed by atoms with Crippen molar-refractivity contribution in [1.29, 1.82) is 0 Å². The monoisotopic (exact) mass is 162 g/mol. The standard InChI is InChI=1S/C8H10O2.Na.H/c1-6-3-4-7(9)8(5-6)10-2;;/h3-5,9H,1-2H3;;/q;+1;-1. The van der Waals surface area contributed by atoms with Gasteiger partial charge in [-0.3, -0.25) is 0 Å². The molecule has 11 heavy (non-hydrogen) atoms. The van der Waals surface area contributed by atoms with Gasteiger partial charge >= 0.3 is 29.6 Å². The van der Waals surface area contributed by atoms with Crippen LogP contribution < -0.4 is 34.3 Å². The van der Waals surface area contributed by atoms with Crippen LogP contribution in [0.4, 0.5) is 0 Å². The number of rotatable bonds is 1. The maximum absolute atomic E-state index is 9.11. The van der Waals surface area contributed by atoms with E-state index >= 15 is 0 Å². The van der Waals surface area contributed by atoms with Crippen LogP contribution >= 0.6 is 0 Å². The summed E-state index contributed by atoms with van der Waals surface area (Å²) in [4.78, 5) is 0. The van der Waals surface area contributed by atoms with Crippen LogP contribution in [0.15, 0.2) is 18.2 Å². The van der Waals surface area contributed by atoms with Crippen LogP contribution in [0.25, 0.3) is 0 Å². The molecule has 0 bridgehead atoms. The minimum absolute atomic E-state index is 0. The smallest absolute Gasteiger partial charge is 1.00 e. The zero-order valence-electron chi connectivity index (χ0n) is 8.09. The first-order valence-electron chi connectivity index (χ1n) is 3.07. The van der Waals surface area contributed by atoms with Crippen molar-refractivity contribution in [3.05, 3.63) is 23.8 Å². The largest absolute Gasteiger partial charge is 1.00 e. The van der Waals surface area contributed by atoms with Gasteiger partial charge in [0.1, 0.15) is 0 Å². The molecule has 0 saturated heterocycles. The molecule has 0 radical (unpaired) electrons. The Balaban J connectivity index is 0. The Bertz CT molecular complexity index is 240. The number of benzene rings is 1. The third-order valence-corrected chi connectivity index (χ3v) is 1.34. The normalized spacial score (nSPS) is 8.55. The number of hydrogen-bond acceptors (Lipinski definition) is 2. The fraction of sp³-hybridized carbons (Fsp3) is 0.250. The van der Waals surface area contributed by atoms with Crippen molar-refractivity contribution in [3.63, 3.8) is 0 Å². The Labute approximate surface area is 90.0 Å². The summed E-state index contributed by atoms with van der Waals surface area (Å²) in [7, 11) is 1.54. The van der Waals surface area contributed by atoms with Crippen LogP contribution in [0.2, 0.25) is 0 Å². The Morgan fingerprint density at radius 1 is 1.45 bits per heavy atom. The first-order chi connectivity index (χ1) is 4.74. The molecule has 0 atom stereocenters. The fourth-order valence-corrected chi connectivity index (χ4v) is 0.785. The van der Waals surface area contributed by atoms with Crippen molar-refractivity contribution in [2.24, 2.45) is 0 Å². The topological polar surface area (TPSA) is 29.5 Å². The Hall–Kier alpha value is -0.180. The summed E-state index contributed by atoms with van der Waals surface area (Å²) >= 11 is 0. The van der Waals surface area contributed by atoms with Gasteiger partial charge in [0.15, 0.2) is 11.5 Å². The van der Waals surface area contributed by atoms with E-state index in [9.17, 15) is 0 Å². The van der Waals surface area contributed by atoms with Gasteiger partial charge in [0.25, 0.3) is 0 Å². The maximum Gasteiger partial charge on any atom is 1.00 e. The molecule has 3 heteroatoms. The third kappa shape index (κ3) is 2.73. The molecule has 0 heterocycles. The molecule has 1 aromatic rings. The Kier molecular flexibility index (Phi) is 4.57. The van der Waals surface area contributed by atoms with Crippen molar-refractivity contribution in [2.45, 2.75) is 6.92 Å². The van der Waals surface area contributed by atoms with Gasteiger partial charge in [-0.15, -0.1) is 0 Å². The van der Waals surface area contributed by atoms with Gasteiger partial charge in [-0.1, -0.05) is 6.07 Å². The molecule has 1 N–H and O–H groups in total. The molecule has 0 amide bonds. The summed E-state index contributed by atoms with van der Waals surface area (Å²) < 4.78 is 4.88. The fourth-order valence-electron chi connectivity index (χ4n) is 0.785. The van der Waals surface area contributed by atoms with E-state index in [1.165, 1.54) is 7.11 Å². The molecule has 0 unspecified atom stereocenters. The summed E-state index contributed by atoms with van der Waals surface area (Å²) in [6.07, 6.45) is 0. The number of aromatic hydroxyl groups is 1. The van der Waals surface area contributed by atoms with Gasteiger partial charge < -0.3 is 11.3 Å². The molecular weight excluding hydrogens is 151 g/mol. The Morgan fingerprint density at radius 3 is 2.55 bits per heavy atom. The predicted molar refractivity (Wildman–Crippen MR) is 40.5 cm³/mol. The number of hydrogen-bond donors (Lipinski definition) is 1. The van der Waals surface area contributed by atoms with E-state index in [1.807, 2.05) is 13.0 Å². The van der Waals surface area contributed by atoms with Crippen LogP contribution in [-0.4, -0.2) is 12.2 Å². The SMILES string of the molecule is COc1cc(C)ccc1O.[H-].[Na+]. The minimum atomic E-state index is 0. The van der Waals surface area contributed by atoms with Gasteiger partial charge in [-0.05, 0) is 24.6 Å². The summed E-state index contributed by atoms with van der Waals surface area (Å²) in [5, 5.41) is 9.11. The van der Waals surface area contributed by atoms with Gasteiger partial charge in [0.2, 0.25) is 0 Å². The molecule has 56 valence electrons. The molecule has 0 aliphatic carbocycles. The average Bonchev–Trinajstić information content (AvgIpc) is 1.94. The summed E-state index contributed by atoms with van der Waals surface area (Å²) in [6, 6.07) is 5.24. The summed E-state index contributed by atoms with van der Waals surface area (Å²) in [5.41, 5.74) is 1.08. The predicted octanol–water partition coefficient (Wildman–Crippen LogP) is -1.17. The van der Waals surface area contributed by atoms with E-state index < -0.39 is 0 Å². The zero-order chi connectivity index (χ0) is 7.56. The van der Waals surface area contributed by atoms with Crippen LogP contribution in [0.5, 0.6) is 11.5 Å². The van der Waals surface area contributed by atoms with Crippen molar-refractivity contribution >= 4 is 0 Å². The van der Waals surface area contributed by atoms with Crippen LogP contribution in [0.1, 0.15) is 6.99 Å². The van der Waals surface area contributed by atoms with Gasteiger partial charge in [0, 0.05) is 0 Å². The van der Waals surface area contributed by atoms with Crippen molar-refractivity contribution < 1.29 is 40.8 Å². The summed E-state index contributed by atoms with van der Waals surface area (Å²) in [6.45, 7) is 1.95. The second-order valence-corrected chi connectivity index (χ2v) is 2.18. The number of aryl methyl sites for hydroxylation is 1. The molecule has 0 aliphatic heterocycles. The van der Waals surface area contributed by atoms with E-state index in [-0.39, 0.29) is 36.7 Å². The van der Waals surface area contributed by atoms with E-state index in [0.29, 0.717) is 5.75 Å². The van der Waals surface area contributed by atoms with Gasteiger partial charge in [0.05, 0.1) is 7.11 Å². The molecule has 0 aromatic heterocycles. The zero-order valence-corrected chi connectivity index (χ0v) is 9.09. The van der Waals surface area contributed by atoms with E-state index in [1.54, 1.807) is 12.1 Å². The number of ether oxygens (including phenoxy) is 1. The second kappa shape index (κ2) is 4.65. The quantitative estimate of drug-likeness (QED) is 0.527. The van der Waals surface area contributed by atoms with Crippen LogP contribution in [0.3, 0.4) is 0 Å². The molecule has 1 aromatic carbocycles. The first kappa shape index (κ1) is 10.8. The number of phenols is 1. The number of methoxy groups -OCH3 is 1. The molecule has 1 rings (SSSR count). The van der Waals surface area contributed by atoms with Crippen molar-refractivity contribution in [1.82, 2.24) is 0 Å². The first-order valence-corrected chi connectivity index (χ1v) is 3.07.